The van der Waals surface area contributed by atoms with Crippen LogP contribution in [0.4, 0.5) is 5.82 Å². The topological polar surface area (TPSA) is 64.3 Å². The van der Waals surface area contributed by atoms with E-state index >= 15 is 0 Å². The number of piperidine rings is 1. The first-order valence-corrected chi connectivity index (χ1v) is 6.17. The average molecular weight is 236 g/mol. The molecule has 1 aromatic rings. The molecule has 1 saturated heterocycles. The van der Waals surface area contributed by atoms with Gasteiger partial charge in [0.05, 0.1) is 12.2 Å². The second-order valence-electron chi connectivity index (χ2n) is 4.41. The van der Waals surface area contributed by atoms with Crippen molar-refractivity contribution in [3.05, 3.63) is 11.9 Å². The van der Waals surface area contributed by atoms with Crippen LogP contribution in [-0.4, -0.2) is 35.7 Å². The van der Waals surface area contributed by atoms with Crippen molar-refractivity contribution in [2.24, 2.45) is 5.73 Å². The number of ether oxygens (including phenoxy) is 1. The predicted molar refractivity (Wildman–Crippen MR) is 67.4 cm³/mol. The van der Waals surface area contributed by atoms with Crippen LogP contribution in [0, 0.1) is 6.92 Å². The van der Waals surface area contributed by atoms with E-state index in [0.717, 1.165) is 37.3 Å². The van der Waals surface area contributed by atoms with Crippen molar-refractivity contribution in [2.75, 3.05) is 24.6 Å². The summed E-state index contributed by atoms with van der Waals surface area (Å²) in [6.45, 7) is 6.45. The first kappa shape index (κ1) is 12.1. The maximum absolute atomic E-state index is 5.99. The highest BCUT2D eigenvalue weighted by atomic mass is 16.5. The molecule has 0 saturated carbocycles. The van der Waals surface area contributed by atoms with Crippen molar-refractivity contribution in [3.8, 4) is 5.88 Å². The number of anilines is 1. The Labute approximate surface area is 102 Å². The fourth-order valence-electron chi connectivity index (χ4n) is 2.23. The van der Waals surface area contributed by atoms with Gasteiger partial charge >= 0.3 is 0 Å². The van der Waals surface area contributed by atoms with Crippen molar-refractivity contribution in [3.63, 3.8) is 0 Å². The lowest BCUT2D eigenvalue weighted by Gasteiger charge is -2.32. The molecule has 1 aliphatic rings. The van der Waals surface area contributed by atoms with E-state index in [-0.39, 0.29) is 6.04 Å². The van der Waals surface area contributed by atoms with Gasteiger partial charge in [0, 0.05) is 19.1 Å². The van der Waals surface area contributed by atoms with Crippen molar-refractivity contribution in [2.45, 2.75) is 32.7 Å². The number of nitrogens with two attached hydrogens (primary N) is 1. The van der Waals surface area contributed by atoms with Gasteiger partial charge in [-0.2, -0.15) is 0 Å². The Morgan fingerprint density at radius 3 is 3.06 bits per heavy atom. The average Bonchev–Trinajstić information content (AvgIpc) is 2.32. The normalized spacial score (nSPS) is 20.4. The molecule has 0 radical (unpaired) electrons. The quantitative estimate of drug-likeness (QED) is 0.851. The van der Waals surface area contributed by atoms with Crippen LogP contribution in [-0.2, 0) is 0 Å². The molecule has 94 valence electrons. The Bertz CT molecular complexity index is 383. The number of hydrogen-bond donors (Lipinski definition) is 1. The van der Waals surface area contributed by atoms with Gasteiger partial charge in [0.25, 0.3) is 0 Å². The molecule has 1 aliphatic heterocycles. The molecule has 2 heterocycles. The second-order valence-corrected chi connectivity index (χ2v) is 4.41. The first-order chi connectivity index (χ1) is 8.22. The number of hydrogen-bond acceptors (Lipinski definition) is 5. The van der Waals surface area contributed by atoms with Crippen molar-refractivity contribution >= 4 is 5.82 Å². The molecule has 0 amide bonds. The van der Waals surface area contributed by atoms with Gasteiger partial charge in [-0.05, 0) is 26.7 Å². The lowest BCUT2D eigenvalue weighted by molar-refractivity contribution is 0.323. The van der Waals surface area contributed by atoms with E-state index in [0.29, 0.717) is 12.5 Å². The highest BCUT2D eigenvalue weighted by Gasteiger charge is 2.20. The molecule has 1 unspecified atom stereocenters. The Hall–Kier alpha value is -1.36. The maximum atomic E-state index is 5.99. The van der Waals surface area contributed by atoms with E-state index in [1.54, 1.807) is 6.33 Å². The lowest BCUT2D eigenvalue weighted by atomic mass is 10.1. The molecule has 5 heteroatoms. The minimum Gasteiger partial charge on any atom is -0.478 e. The van der Waals surface area contributed by atoms with E-state index in [9.17, 15) is 0 Å². The largest absolute Gasteiger partial charge is 0.478 e. The van der Waals surface area contributed by atoms with Crippen LogP contribution in [0.1, 0.15) is 25.3 Å². The highest BCUT2D eigenvalue weighted by Crippen LogP contribution is 2.25. The molecule has 0 aromatic carbocycles. The van der Waals surface area contributed by atoms with Gasteiger partial charge in [0.2, 0.25) is 5.88 Å². The molecule has 2 N–H and O–H groups in total. The summed E-state index contributed by atoms with van der Waals surface area (Å²) in [6, 6.07) is 0.244. The molecule has 0 aliphatic carbocycles. The van der Waals surface area contributed by atoms with Crippen LogP contribution >= 0.6 is 0 Å². The summed E-state index contributed by atoms with van der Waals surface area (Å²) in [7, 11) is 0. The Morgan fingerprint density at radius 1 is 1.53 bits per heavy atom. The van der Waals surface area contributed by atoms with Crippen molar-refractivity contribution in [1.82, 2.24) is 9.97 Å². The molecular formula is C12H20N4O. The monoisotopic (exact) mass is 236 g/mol. The second kappa shape index (κ2) is 5.31. The minimum absolute atomic E-state index is 0.244. The van der Waals surface area contributed by atoms with E-state index in [4.69, 9.17) is 10.5 Å². The summed E-state index contributed by atoms with van der Waals surface area (Å²) in [6.07, 6.45) is 3.78. The van der Waals surface area contributed by atoms with Crippen LogP contribution in [0.3, 0.4) is 0 Å². The summed E-state index contributed by atoms with van der Waals surface area (Å²) >= 11 is 0. The van der Waals surface area contributed by atoms with Crippen LogP contribution in [0.2, 0.25) is 0 Å². The molecule has 1 atom stereocenters. The minimum atomic E-state index is 0.244. The number of nitrogens with zero attached hydrogens (tertiary/aromatic N) is 3. The summed E-state index contributed by atoms with van der Waals surface area (Å²) in [5.41, 5.74) is 7.00. The molecule has 0 bridgehead atoms. The van der Waals surface area contributed by atoms with E-state index in [1.165, 1.54) is 0 Å². The third-order valence-corrected chi connectivity index (χ3v) is 3.05. The SMILES string of the molecule is CCOc1ncnc(N2CCCC(N)C2)c1C. The van der Waals surface area contributed by atoms with E-state index in [1.807, 2.05) is 13.8 Å². The van der Waals surface area contributed by atoms with Crippen molar-refractivity contribution in [1.29, 1.82) is 0 Å². The molecule has 17 heavy (non-hydrogen) atoms. The molecule has 5 nitrogen and oxygen atoms in total. The number of aromatic nitrogens is 2. The van der Waals surface area contributed by atoms with Crippen LogP contribution in [0.5, 0.6) is 5.88 Å². The standard InChI is InChI=1S/C12H20N4O/c1-3-17-12-9(2)11(14-8-15-12)16-6-4-5-10(13)7-16/h8,10H,3-7,13H2,1-2H3. The summed E-state index contributed by atoms with van der Waals surface area (Å²) in [4.78, 5) is 10.7. The zero-order valence-electron chi connectivity index (χ0n) is 10.5. The van der Waals surface area contributed by atoms with Crippen LogP contribution < -0.4 is 15.4 Å². The molecule has 1 aromatic heterocycles. The van der Waals surface area contributed by atoms with Gasteiger partial charge in [-0.15, -0.1) is 0 Å². The molecule has 2 rings (SSSR count). The fraction of sp³-hybridized carbons (Fsp3) is 0.667. The Morgan fingerprint density at radius 2 is 2.35 bits per heavy atom. The van der Waals surface area contributed by atoms with Gasteiger partial charge in [-0.1, -0.05) is 0 Å². The predicted octanol–water partition coefficient (Wildman–Crippen LogP) is 1.11. The van der Waals surface area contributed by atoms with E-state index in [2.05, 4.69) is 14.9 Å². The number of rotatable bonds is 3. The van der Waals surface area contributed by atoms with Gasteiger partial charge in [0.1, 0.15) is 12.1 Å². The van der Waals surface area contributed by atoms with Crippen LogP contribution in [0.15, 0.2) is 6.33 Å². The third-order valence-electron chi connectivity index (χ3n) is 3.05. The fourth-order valence-corrected chi connectivity index (χ4v) is 2.23. The van der Waals surface area contributed by atoms with Crippen LogP contribution in [0.25, 0.3) is 0 Å². The Kier molecular flexibility index (Phi) is 3.78. The third kappa shape index (κ3) is 2.66. The van der Waals surface area contributed by atoms with Gasteiger partial charge in [-0.3, -0.25) is 0 Å². The molecule has 1 fully saturated rings. The lowest BCUT2D eigenvalue weighted by Crippen LogP contribution is -2.43. The molecular weight excluding hydrogens is 216 g/mol. The first-order valence-electron chi connectivity index (χ1n) is 6.17. The summed E-state index contributed by atoms with van der Waals surface area (Å²) in [5.74, 6) is 1.63. The van der Waals surface area contributed by atoms with Gasteiger partial charge in [0.15, 0.2) is 0 Å². The smallest absolute Gasteiger partial charge is 0.221 e. The Balaban J connectivity index is 2.22. The maximum Gasteiger partial charge on any atom is 0.221 e. The highest BCUT2D eigenvalue weighted by molar-refractivity contribution is 5.50. The van der Waals surface area contributed by atoms with Crippen molar-refractivity contribution < 1.29 is 4.74 Å². The molecule has 0 spiro atoms. The zero-order chi connectivity index (χ0) is 12.3. The van der Waals surface area contributed by atoms with Gasteiger partial charge < -0.3 is 15.4 Å². The summed E-state index contributed by atoms with van der Waals surface area (Å²) in [5, 5.41) is 0. The van der Waals surface area contributed by atoms with E-state index < -0.39 is 0 Å². The van der Waals surface area contributed by atoms with Gasteiger partial charge in [-0.25, -0.2) is 9.97 Å². The zero-order valence-corrected chi connectivity index (χ0v) is 10.5. The summed E-state index contributed by atoms with van der Waals surface area (Å²) < 4.78 is 5.49.